The molecule has 0 radical (unpaired) electrons. The van der Waals surface area contributed by atoms with Crippen molar-refractivity contribution in [3.8, 4) is 11.4 Å². The summed E-state index contributed by atoms with van der Waals surface area (Å²) in [5.74, 6) is 0.932. The van der Waals surface area contributed by atoms with Crippen LogP contribution in [0, 0.1) is 3.57 Å². The van der Waals surface area contributed by atoms with Crippen molar-refractivity contribution >= 4 is 22.6 Å². The topological polar surface area (TPSA) is 40.7 Å². The number of nitrogens with one attached hydrogen (secondary N) is 2. The SMILES string of the molecule is CCNC(C)c1cnc(-c2ccc(I)cc2)[nH]1. The van der Waals surface area contributed by atoms with Crippen molar-refractivity contribution < 1.29 is 0 Å². The molecule has 0 saturated carbocycles. The summed E-state index contributed by atoms with van der Waals surface area (Å²) in [5.41, 5.74) is 2.25. The number of H-pyrrole nitrogens is 1. The molecule has 1 heterocycles. The van der Waals surface area contributed by atoms with Crippen molar-refractivity contribution in [3.63, 3.8) is 0 Å². The second kappa shape index (κ2) is 5.64. The summed E-state index contributed by atoms with van der Waals surface area (Å²) in [5, 5.41) is 3.36. The molecule has 90 valence electrons. The number of nitrogens with zero attached hydrogens (tertiary/aromatic N) is 1. The van der Waals surface area contributed by atoms with E-state index in [4.69, 9.17) is 0 Å². The van der Waals surface area contributed by atoms with Gasteiger partial charge in [-0.3, -0.25) is 0 Å². The van der Waals surface area contributed by atoms with Gasteiger partial charge in [0.25, 0.3) is 0 Å². The van der Waals surface area contributed by atoms with Gasteiger partial charge in [-0.25, -0.2) is 4.98 Å². The molecule has 2 rings (SSSR count). The third-order valence-electron chi connectivity index (χ3n) is 2.69. The first-order valence-electron chi connectivity index (χ1n) is 5.75. The van der Waals surface area contributed by atoms with Crippen LogP contribution in [0.25, 0.3) is 11.4 Å². The van der Waals surface area contributed by atoms with E-state index in [-0.39, 0.29) is 0 Å². The monoisotopic (exact) mass is 341 g/mol. The summed E-state index contributed by atoms with van der Waals surface area (Å²) >= 11 is 2.30. The van der Waals surface area contributed by atoms with Crippen LogP contribution in [0.3, 0.4) is 0 Å². The van der Waals surface area contributed by atoms with Gasteiger partial charge in [0.15, 0.2) is 0 Å². The predicted octanol–water partition coefficient (Wildman–Crippen LogP) is 3.35. The molecule has 0 aliphatic rings. The number of imidazole rings is 1. The lowest BCUT2D eigenvalue weighted by Gasteiger charge is -2.08. The Morgan fingerprint density at radius 1 is 1.35 bits per heavy atom. The molecule has 3 nitrogen and oxygen atoms in total. The Morgan fingerprint density at radius 2 is 2.06 bits per heavy atom. The summed E-state index contributed by atoms with van der Waals surface area (Å²) in [6, 6.07) is 8.66. The maximum absolute atomic E-state index is 4.42. The van der Waals surface area contributed by atoms with Gasteiger partial charge in [0, 0.05) is 15.2 Å². The zero-order valence-electron chi connectivity index (χ0n) is 10.00. The average Bonchev–Trinajstić information content (AvgIpc) is 2.80. The highest BCUT2D eigenvalue weighted by Gasteiger charge is 2.08. The van der Waals surface area contributed by atoms with Gasteiger partial charge in [0.2, 0.25) is 0 Å². The Morgan fingerprint density at radius 3 is 2.71 bits per heavy atom. The highest BCUT2D eigenvalue weighted by Crippen LogP contribution is 2.19. The molecule has 2 N–H and O–H groups in total. The molecule has 1 aromatic heterocycles. The standard InChI is InChI=1S/C13H16IN3/c1-3-15-9(2)12-8-16-13(17-12)10-4-6-11(14)7-5-10/h4-9,15H,3H2,1-2H3,(H,16,17). The molecule has 0 aliphatic carbocycles. The second-order valence-corrected chi connectivity index (χ2v) is 5.22. The maximum atomic E-state index is 4.42. The highest BCUT2D eigenvalue weighted by molar-refractivity contribution is 14.1. The molecule has 17 heavy (non-hydrogen) atoms. The van der Waals surface area contributed by atoms with Crippen molar-refractivity contribution in [2.75, 3.05) is 6.54 Å². The Balaban J connectivity index is 2.20. The van der Waals surface area contributed by atoms with Gasteiger partial charge in [-0.15, -0.1) is 0 Å². The highest BCUT2D eigenvalue weighted by atomic mass is 127. The number of aromatic amines is 1. The second-order valence-electron chi connectivity index (χ2n) is 3.97. The number of hydrogen-bond donors (Lipinski definition) is 2. The van der Waals surface area contributed by atoms with E-state index >= 15 is 0 Å². The van der Waals surface area contributed by atoms with Crippen molar-refractivity contribution in [1.29, 1.82) is 0 Å². The van der Waals surface area contributed by atoms with E-state index in [2.05, 4.69) is 76.0 Å². The van der Waals surface area contributed by atoms with Crippen molar-refractivity contribution in [3.05, 3.63) is 39.7 Å². The fourth-order valence-corrected chi connectivity index (χ4v) is 2.09. The fraction of sp³-hybridized carbons (Fsp3) is 0.308. The predicted molar refractivity (Wildman–Crippen MR) is 78.8 cm³/mol. The van der Waals surface area contributed by atoms with Gasteiger partial charge in [-0.1, -0.05) is 19.1 Å². The minimum atomic E-state index is 0.310. The largest absolute Gasteiger partial charge is 0.341 e. The molecular formula is C13H16IN3. The molecule has 4 heteroatoms. The van der Waals surface area contributed by atoms with Crippen LogP contribution in [0.4, 0.5) is 0 Å². The first kappa shape index (κ1) is 12.6. The van der Waals surface area contributed by atoms with Crippen molar-refractivity contribution in [2.45, 2.75) is 19.9 Å². The summed E-state index contributed by atoms with van der Waals surface area (Å²) < 4.78 is 1.24. The third kappa shape index (κ3) is 3.07. The minimum absolute atomic E-state index is 0.310. The van der Waals surface area contributed by atoms with Crippen LogP contribution in [0.1, 0.15) is 25.6 Å². The molecule has 0 bridgehead atoms. The van der Waals surface area contributed by atoms with Crippen molar-refractivity contribution in [2.24, 2.45) is 0 Å². The van der Waals surface area contributed by atoms with E-state index in [1.54, 1.807) is 0 Å². The van der Waals surface area contributed by atoms with Gasteiger partial charge in [-0.2, -0.15) is 0 Å². The molecular weight excluding hydrogens is 325 g/mol. The van der Waals surface area contributed by atoms with Gasteiger partial charge in [-0.05, 0) is 48.2 Å². The molecule has 1 atom stereocenters. The van der Waals surface area contributed by atoms with E-state index in [1.165, 1.54) is 3.57 Å². The number of hydrogen-bond acceptors (Lipinski definition) is 2. The number of aromatic nitrogens is 2. The van der Waals surface area contributed by atoms with E-state index in [0.29, 0.717) is 6.04 Å². The van der Waals surface area contributed by atoms with E-state index < -0.39 is 0 Å². The van der Waals surface area contributed by atoms with Gasteiger partial charge in [0.05, 0.1) is 11.9 Å². The van der Waals surface area contributed by atoms with Gasteiger partial charge >= 0.3 is 0 Å². The lowest BCUT2D eigenvalue weighted by molar-refractivity contribution is 0.586. The zero-order chi connectivity index (χ0) is 12.3. The molecule has 1 unspecified atom stereocenters. The molecule has 2 aromatic rings. The van der Waals surface area contributed by atoms with Crippen LogP contribution in [-0.2, 0) is 0 Å². The van der Waals surface area contributed by atoms with Crippen LogP contribution >= 0.6 is 22.6 Å². The van der Waals surface area contributed by atoms with Gasteiger partial charge in [0.1, 0.15) is 5.82 Å². The summed E-state index contributed by atoms with van der Waals surface area (Å²) in [7, 11) is 0. The maximum Gasteiger partial charge on any atom is 0.137 e. The van der Waals surface area contributed by atoms with Crippen LogP contribution in [0.5, 0.6) is 0 Å². The fourth-order valence-electron chi connectivity index (χ4n) is 1.73. The molecule has 0 aliphatic heterocycles. The number of rotatable bonds is 4. The summed E-state index contributed by atoms with van der Waals surface area (Å²) in [6.07, 6.45) is 1.90. The van der Waals surface area contributed by atoms with E-state index in [9.17, 15) is 0 Å². The van der Waals surface area contributed by atoms with Crippen LogP contribution in [0.2, 0.25) is 0 Å². The Hall–Kier alpha value is -0.880. The molecule has 1 aromatic carbocycles. The first-order valence-corrected chi connectivity index (χ1v) is 6.82. The Bertz CT molecular complexity index is 476. The third-order valence-corrected chi connectivity index (χ3v) is 3.41. The van der Waals surface area contributed by atoms with E-state index in [1.807, 2.05) is 6.20 Å². The normalized spacial score (nSPS) is 12.6. The Kier molecular flexibility index (Phi) is 4.17. The quantitative estimate of drug-likeness (QED) is 0.838. The number of benzene rings is 1. The Labute approximate surface area is 115 Å². The van der Waals surface area contributed by atoms with E-state index in [0.717, 1.165) is 23.6 Å². The minimum Gasteiger partial charge on any atom is -0.341 e. The number of halogens is 1. The average molecular weight is 341 g/mol. The van der Waals surface area contributed by atoms with Crippen LogP contribution in [-0.4, -0.2) is 16.5 Å². The summed E-state index contributed by atoms with van der Waals surface area (Å²) in [6.45, 7) is 5.20. The molecule has 0 fully saturated rings. The molecule has 0 amide bonds. The zero-order valence-corrected chi connectivity index (χ0v) is 12.2. The lowest BCUT2D eigenvalue weighted by Crippen LogP contribution is -2.17. The molecule has 0 saturated heterocycles. The van der Waals surface area contributed by atoms with Crippen LogP contribution in [0.15, 0.2) is 30.5 Å². The van der Waals surface area contributed by atoms with Gasteiger partial charge < -0.3 is 10.3 Å². The van der Waals surface area contributed by atoms with Crippen molar-refractivity contribution in [1.82, 2.24) is 15.3 Å². The van der Waals surface area contributed by atoms with Crippen LogP contribution < -0.4 is 5.32 Å². The smallest absolute Gasteiger partial charge is 0.137 e. The summed E-state index contributed by atoms with van der Waals surface area (Å²) in [4.78, 5) is 7.78. The lowest BCUT2D eigenvalue weighted by atomic mass is 10.2. The first-order chi connectivity index (χ1) is 8.20. The molecule has 0 spiro atoms.